The van der Waals surface area contributed by atoms with E-state index in [1.807, 2.05) is 24.3 Å². The average molecular weight is 251 g/mol. The molecule has 92 valence electrons. The second-order valence-electron chi connectivity index (χ2n) is 3.43. The van der Waals surface area contributed by atoms with Gasteiger partial charge in [0.15, 0.2) is 0 Å². The summed E-state index contributed by atoms with van der Waals surface area (Å²) in [6.07, 6.45) is 1.79. The van der Waals surface area contributed by atoms with Crippen LogP contribution in [0, 0.1) is 0 Å². The molecular formula is C13H17NO2S. The Morgan fingerprint density at radius 2 is 2.18 bits per heavy atom. The molecule has 0 spiro atoms. The van der Waals surface area contributed by atoms with Crippen molar-refractivity contribution in [2.45, 2.75) is 6.54 Å². The number of ether oxygens (including phenoxy) is 1. The number of rotatable bonds is 7. The summed E-state index contributed by atoms with van der Waals surface area (Å²) >= 11 is 1.55. The summed E-state index contributed by atoms with van der Waals surface area (Å²) in [5.74, 6) is 2.15. The molecule has 0 aromatic heterocycles. The maximum absolute atomic E-state index is 11.4. The van der Waals surface area contributed by atoms with E-state index in [1.165, 1.54) is 0 Å². The summed E-state index contributed by atoms with van der Waals surface area (Å²) in [6, 6.07) is 7.65. The van der Waals surface area contributed by atoms with E-state index in [2.05, 4.69) is 11.9 Å². The van der Waals surface area contributed by atoms with Crippen LogP contribution < -0.4 is 10.1 Å². The van der Waals surface area contributed by atoms with Crippen molar-refractivity contribution in [2.24, 2.45) is 0 Å². The van der Waals surface area contributed by atoms with Gasteiger partial charge in [0.25, 0.3) is 0 Å². The van der Waals surface area contributed by atoms with Gasteiger partial charge in [-0.1, -0.05) is 18.2 Å². The molecule has 0 atom stereocenters. The van der Waals surface area contributed by atoms with Gasteiger partial charge in [-0.3, -0.25) is 4.79 Å². The number of benzene rings is 1. The Morgan fingerprint density at radius 3 is 2.76 bits per heavy atom. The van der Waals surface area contributed by atoms with Gasteiger partial charge in [-0.25, -0.2) is 0 Å². The van der Waals surface area contributed by atoms with Crippen LogP contribution >= 0.6 is 11.8 Å². The molecule has 1 rings (SSSR count). The monoisotopic (exact) mass is 251 g/mol. The minimum atomic E-state index is 0.0488. The molecule has 1 aromatic carbocycles. The van der Waals surface area contributed by atoms with Crippen LogP contribution in [-0.2, 0) is 11.3 Å². The first-order valence-corrected chi connectivity index (χ1v) is 6.50. The zero-order valence-corrected chi connectivity index (χ0v) is 10.8. The summed E-state index contributed by atoms with van der Waals surface area (Å²) in [6.45, 7) is 4.16. The standard InChI is InChI=1S/C13H17NO2S/c1-3-8-17-10-13(15)14-9-11-4-6-12(16-2)7-5-11/h3-7H,1,8-10H2,2H3,(H,14,15). The van der Waals surface area contributed by atoms with Gasteiger partial charge in [0.1, 0.15) is 5.75 Å². The highest BCUT2D eigenvalue weighted by atomic mass is 32.2. The van der Waals surface area contributed by atoms with Gasteiger partial charge < -0.3 is 10.1 Å². The number of hydrogen-bond acceptors (Lipinski definition) is 3. The van der Waals surface area contributed by atoms with Gasteiger partial charge in [-0.15, -0.1) is 18.3 Å². The third-order valence-electron chi connectivity index (χ3n) is 2.12. The van der Waals surface area contributed by atoms with Crippen molar-refractivity contribution in [3.8, 4) is 5.75 Å². The molecule has 17 heavy (non-hydrogen) atoms. The summed E-state index contributed by atoms with van der Waals surface area (Å²) in [7, 11) is 1.63. The van der Waals surface area contributed by atoms with Crippen molar-refractivity contribution in [3.63, 3.8) is 0 Å². The molecule has 0 unspecified atom stereocenters. The fourth-order valence-corrected chi connectivity index (χ4v) is 1.80. The highest BCUT2D eigenvalue weighted by Gasteiger charge is 2.00. The Balaban J connectivity index is 2.29. The van der Waals surface area contributed by atoms with Crippen molar-refractivity contribution in [1.82, 2.24) is 5.32 Å². The van der Waals surface area contributed by atoms with Crippen LogP contribution in [0.1, 0.15) is 5.56 Å². The Labute approximate surface area is 106 Å². The highest BCUT2D eigenvalue weighted by molar-refractivity contribution is 8.00. The quantitative estimate of drug-likeness (QED) is 0.596. The number of thioether (sulfide) groups is 1. The largest absolute Gasteiger partial charge is 0.497 e. The summed E-state index contributed by atoms with van der Waals surface area (Å²) in [5.41, 5.74) is 1.06. The molecule has 1 aromatic rings. The van der Waals surface area contributed by atoms with Crippen LogP contribution in [0.3, 0.4) is 0 Å². The normalized spacial score (nSPS) is 9.71. The third-order valence-corrected chi connectivity index (χ3v) is 3.06. The Hall–Kier alpha value is -1.42. The molecule has 3 nitrogen and oxygen atoms in total. The van der Waals surface area contributed by atoms with Crippen LogP contribution in [0.15, 0.2) is 36.9 Å². The van der Waals surface area contributed by atoms with E-state index in [9.17, 15) is 4.79 Å². The van der Waals surface area contributed by atoms with E-state index < -0.39 is 0 Å². The summed E-state index contributed by atoms with van der Waals surface area (Å²) in [4.78, 5) is 11.4. The minimum absolute atomic E-state index is 0.0488. The first-order chi connectivity index (χ1) is 8.26. The fourth-order valence-electron chi connectivity index (χ4n) is 1.23. The van der Waals surface area contributed by atoms with Crippen molar-refractivity contribution in [2.75, 3.05) is 18.6 Å². The van der Waals surface area contributed by atoms with E-state index in [4.69, 9.17) is 4.74 Å². The lowest BCUT2D eigenvalue weighted by molar-refractivity contribution is -0.118. The smallest absolute Gasteiger partial charge is 0.230 e. The third kappa shape index (κ3) is 5.45. The molecular weight excluding hydrogens is 234 g/mol. The topological polar surface area (TPSA) is 38.3 Å². The van der Waals surface area contributed by atoms with Gasteiger partial charge in [-0.05, 0) is 17.7 Å². The van der Waals surface area contributed by atoms with Crippen LogP contribution in [0.4, 0.5) is 0 Å². The SMILES string of the molecule is C=CCSCC(=O)NCc1ccc(OC)cc1. The summed E-state index contributed by atoms with van der Waals surface area (Å²) in [5, 5.41) is 2.86. The van der Waals surface area contributed by atoms with E-state index in [1.54, 1.807) is 24.9 Å². The second-order valence-corrected chi connectivity index (χ2v) is 4.46. The molecule has 0 aliphatic carbocycles. The average Bonchev–Trinajstić information content (AvgIpc) is 2.37. The van der Waals surface area contributed by atoms with Crippen LogP contribution in [0.5, 0.6) is 5.75 Å². The van der Waals surface area contributed by atoms with Crippen molar-refractivity contribution in [3.05, 3.63) is 42.5 Å². The van der Waals surface area contributed by atoms with Crippen molar-refractivity contribution < 1.29 is 9.53 Å². The van der Waals surface area contributed by atoms with Gasteiger partial charge in [0.2, 0.25) is 5.91 Å². The molecule has 1 N–H and O–H groups in total. The molecule has 0 aliphatic heterocycles. The Bertz CT molecular complexity index is 362. The number of carbonyl (C=O) groups is 1. The Kier molecular flexibility index (Phi) is 6.25. The van der Waals surface area contributed by atoms with Crippen molar-refractivity contribution in [1.29, 1.82) is 0 Å². The number of carbonyl (C=O) groups excluding carboxylic acids is 1. The molecule has 4 heteroatoms. The van der Waals surface area contributed by atoms with E-state index in [0.29, 0.717) is 12.3 Å². The van der Waals surface area contributed by atoms with Gasteiger partial charge in [0, 0.05) is 12.3 Å². The van der Waals surface area contributed by atoms with Crippen LogP contribution in [-0.4, -0.2) is 24.5 Å². The van der Waals surface area contributed by atoms with Gasteiger partial charge in [-0.2, -0.15) is 0 Å². The maximum atomic E-state index is 11.4. The number of hydrogen-bond donors (Lipinski definition) is 1. The first kappa shape index (κ1) is 13.6. The minimum Gasteiger partial charge on any atom is -0.497 e. The molecule has 0 bridgehead atoms. The molecule has 0 aliphatic rings. The zero-order valence-electron chi connectivity index (χ0n) is 9.94. The van der Waals surface area contributed by atoms with E-state index in [0.717, 1.165) is 17.1 Å². The lowest BCUT2D eigenvalue weighted by Gasteiger charge is -2.05. The zero-order chi connectivity index (χ0) is 12.5. The summed E-state index contributed by atoms with van der Waals surface area (Å²) < 4.78 is 5.06. The molecule has 0 saturated carbocycles. The lowest BCUT2D eigenvalue weighted by atomic mass is 10.2. The van der Waals surface area contributed by atoms with Gasteiger partial charge >= 0.3 is 0 Å². The fraction of sp³-hybridized carbons (Fsp3) is 0.308. The number of nitrogens with one attached hydrogen (secondary N) is 1. The molecule has 0 radical (unpaired) electrons. The molecule has 0 saturated heterocycles. The molecule has 1 amide bonds. The molecule has 0 heterocycles. The first-order valence-electron chi connectivity index (χ1n) is 5.34. The Morgan fingerprint density at radius 1 is 1.47 bits per heavy atom. The van der Waals surface area contributed by atoms with Crippen LogP contribution in [0.25, 0.3) is 0 Å². The lowest BCUT2D eigenvalue weighted by Crippen LogP contribution is -2.24. The van der Waals surface area contributed by atoms with E-state index >= 15 is 0 Å². The number of amides is 1. The van der Waals surface area contributed by atoms with Crippen LogP contribution in [0.2, 0.25) is 0 Å². The highest BCUT2D eigenvalue weighted by Crippen LogP contribution is 2.10. The van der Waals surface area contributed by atoms with Gasteiger partial charge in [0.05, 0.1) is 12.9 Å². The van der Waals surface area contributed by atoms with E-state index in [-0.39, 0.29) is 5.91 Å². The predicted octanol–water partition coefficient (Wildman–Crippen LogP) is 2.23. The predicted molar refractivity (Wildman–Crippen MR) is 72.4 cm³/mol. The second kappa shape index (κ2) is 7.79. The molecule has 0 fully saturated rings. The number of methoxy groups -OCH3 is 1. The maximum Gasteiger partial charge on any atom is 0.230 e. The van der Waals surface area contributed by atoms with Crippen molar-refractivity contribution >= 4 is 17.7 Å².